The molecule has 1 aliphatic rings. The molecular weight excluding hydrogens is 433 g/mol. The van der Waals surface area contributed by atoms with Crippen LogP contribution < -0.4 is 11.1 Å². The first kappa shape index (κ1) is 20.2. The summed E-state index contributed by atoms with van der Waals surface area (Å²) in [5, 5.41) is 7.70. The lowest BCUT2D eigenvalue weighted by Crippen LogP contribution is -2.17. The van der Waals surface area contributed by atoms with Crippen LogP contribution in [0.2, 0.25) is 0 Å². The smallest absolute Gasteiger partial charge is 0.365 e. The van der Waals surface area contributed by atoms with Crippen molar-refractivity contribution in [2.75, 3.05) is 5.32 Å². The summed E-state index contributed by atoms with van der Waals surface area (Å²) in [7, 11) is 0. The predicted molar refractivity (Wildman–Crippen MR) is 96.6 cm³/mol. The number of nitrogens with zero attached hydrogens (tertiary/aromatic N) is 2. The van der Waals surface area contributed by atoms with Gasteiger partial charge in [-0.25, -0.2) is 13.8 Å². The topological polar surface area (TPSA) is 114 Å². The molecule has 3 aromatic heterocycles. The number of aromatic amines is 1. The number of aromatic nitrogens is 3. The Morgan fingerprint density at radius 1 is 1.27 bits per heavy atom. The van der Waals surface area contributed by atoms with E-state index < -0.39 is 41.5 Å². The fraction of sp³-hybridized carbons (Fsp3) is 0.294. The van der Waals surface area contributed by atoms with E-state index in [0.717, 1.165) is 24.2 Å². The minimum atomic E-state index is -4.73. The van der Waals surface area contributed by atoms with Crippen molar-refractivity contribution < 1.29 is 31.5 Å². The molecule has 0 aliphatic heterocycles. The molecule has 13 heteroatoms. The number of pyridine rings is 1. The molecule has 1 fully saturated rings. The first-order valence-corrected chi connectivity index (χ1v) is 9.37. The first-order chi connectivity index (χ1) is 14.1. The van der Waals surface area contributed by atoms with Crippen molar-refractivity contribution in [3.05, 3.63) is 39.7 Å². The van der Waals surface area contributed by atoms with Gasteiger partial charge in [-0.1, -0.05) is 0 Å². The van der Waals surface area contributed by atoms with Crippen LogP contribution in [0.5, 0.6) is 0 Å². The van der Waals surface area contributed by atoms with Gasteiger partial charge in [-0.05, 0) is 30.4 Å². The number of carbonyl (C=O) groups excluding carboxylic acids is 2. The van der Waals surface area contributed by atoms with E-state index in [2.05, 4.69) is 15.4 Å². The fourth-order valence-electron chi connectivity index (χ4n) is 3.03. The van der Waals surface area contributed by atoms with E-state index in [9.17, 15) is 31.5 Å². The van der Waals surface area contributed by atoms with E-state index in [-0.39, 0.29) is 26.7 Å². The molecule has 3 aromatic rings. The van der Waals surface area contributed by atoms with Gasteiger partial charge < -0.3 is 11.1 Å². The molecule has 0 saturated heterocycles. The third-order valence-electron chi connectivity index (χ3n) is 4.53. The van der Waals surface area contributed by atoms with Crippen LogP contribution >= 0.6 is 11.3 Å². The molecule has 2 amide bonds. The number of H-pyrrole nitrogens is 1. The largest absolute Gasteiger partial charge is 0.432 e. The van der Waals surface area contributed by atoms with Gasteiger partial charge in [-0.2, -0.15) is 18.3 Å². The number of alkyl halides is 5. The zero-order valence-electron chi connectivity index (χ0n) is 14.8. The van der Waals surface area contributed by atoms with Crippen LogP contribution in [0.1, 0.15) is 62.3 Å². The molecule has 7 nitrogen and oxygen atoms in total. The van der Waals surface area contributed by atoms with Gasteiger partial charge in [0.2, 0.25) is 0 Å². The summed E-state index contributed by atoms with van der Waals surface area (Å²) in [5.74, 6) is -2.02. The zero-order valence-corrected chi connectivity index (χ0v) is 15.6. The maximum atomic E-state index is 13.2. The molecule has 0 radical (unpaired) electrons. The Morgan fingerprint density at radius 2 is 1.97 bits per heavy atom. The molecule has 158 valence electrons. The molecule has 4 rings (SSSR count). The summed E-state index contributed by atoms with van der Waals surface area (Å²) in [6, 6.07) is 1.73. The number of rotatable bonds is 5. The Hall–Kier alpha value is -3.09. The lowest BCUT2D eigenvalue weighted by atomic mass is 10.0. The van der Waals surface area contributed by atoms with Gasteiger partial charge in [0, 0.05) is 11.5 Å². The third-order valence-corrected chi connectivity index (χ3v) is 5.63. The Labute approximate surface area is 168 Å². The molecule has 1 aliphatic carbocycles. The van der Waals surface area contributed by atoms with Crippen molar-refractivity contribution in [3.8, 4) is 0 Å². The summed E-state index contributed by atoms with van der Waals surface area (Å²) in [6.07, 6.45) is -6.11. The molecule has 0 atom stereocenters. The van der Waals surface area contributed by atoms with Crippen LogP contribution in [-0.2, 0) is 6.18 Å². The second kappa shape index (κ2) is 7.00. The van der Waals surface area contributed by atoms with Crippen molar-refractivity contribution in [1.29, 1.82) is 0 Å². The standard InChI is InChI=1S/C17H12F5N5O2S/c18-13(19)7-3-6(5-1-2-5)10-11(12(14(23)28)30-16(10)24-7)25-15(29)8-4-9(27-26-8)17(20,21)22/h3-5,13H,1-2H2,(H2,23,28)(H,25,29)(H,26,27). The van der Waals surface area contributed by atoms with Crippen LogP contribution in [0.3, 0.4) is 0 Å². The second-order valence-electron chi connectivity index (χ2n) is 6.68. The van der Waals surface area contributed by atoms with Crippen LogP contribution in [-0.4, -0.2) is 27.0 Å². The number of carbonyl (C=O) groups is 2. The summed E-state index contributed by atoms with van der Waals surface area (Å²) < 4.78 is 64.7. The Balaban J connectivity index is 1.81. The monoisotopic (exact) mass is 445 g/mol. The van der Waals surface area contributed by atoms with Crippen molar-refractivity contribution >= 4 is 39.1 Å². The van der Waals surface area contributed by atoms with E-state index in [1.54, 1.807) is 5.10 Å². The highest BCUT2D eigenvalue weighted by Crippen LogP contribution is 2.48. The first-order valence-electron chi connectivity index (χ1n) is 8.55. The molecular formula is C17H12F5N5O2S. The summed E-state index contributed by atoms with van der Waals surface area (Å²) in [4.78, 5) is 28.2. The van der Waals surface area contributed by atoms with E-state index >= 15 is 0 Å². The minimum Gasteiger partial charge on any atom is -0.365 e. The van der Waals surface area contributed by atoms with Crippen molar-refractivity contribution in [2.45, 2.75) is 31.4 Å². The van der Waals surface area contributed by atoms with E-state index in [4.69, 9.17) is 5.73 Å². The van der Waals surface area contributed by atoms with E-state index in [0.29, 0.717) is 11.6 Å². The van der Waals surface area contributed by atoms with Crippen LogP contribution in [0.25, 0.3) is 10.2 Å². The number of hydrogen-bond donors (Lipinski definition) is 3. The predicted octanol–water partition coefficient (Wildman–Crippen LogP) is 4.20. The maximum Gasteiger partial charge on any atom is 0.432 e. The van der Waals surface area contributed by atoms with Gasteiger partial charge in [0.25, 0.3) is 18.2 Å². The fourth-order valence-corrected chi connectivity index (χ4v) is 4.05. The number of halogens is 5. The zero-order chi connectivity index (χ0) is 21.8. The molecule has 0 aromatic carbocycles. The van der Waals surface area contributed by atoms with Crippen molar-refractivity contribution in [1.82, 2.24) is 15.2 Å². The quantitative estimate of drug-likeness (QED) is 0.511. The van der Waals surface area contributed by atoms with Crippen molar-refractivity contribution in [3.63, 3.8) is 0 Å². The molecule has 3 heterocycles. The average molecular weight is 445 g/mol. The average Bonchev–Trinajstić information content (AvgIpc) is 3.24. The lowest BCUT2D eigenvalue weighted by molar-refractivity contribution is -0.141. The number of nitrogens with one attached hydrogen (secondary N) is 2. The van der Waals surface area contributed by atoms with Gasteiger partial charge in [-0.15, -0.1) is 11.3 Å². The van der Waals surface area contributed by atoms with E-state index in [1.165, 1.54) is 6.07 Å². The molecule has 0 spiro atoms. The number of anilines is 1. The number of fused-ring (bicyclic) bond motifs is 1. The minimum absolute atomic E-state index is 0.0544. The number of primary amides is 1. The maximum absolute atomic E-state index is 13.2. The van der Waals surface area contributed by atoms with Gasteiger partial charge in [0.05, 0.1) is 5.69 Å². The molecule has 1 saturated carbocycles. The molecule has 4 N–H and O–H groups in total. The number of nitrogens with two attached hydrogens (primary N) is 1. The SMILES string of the molecule is NC(=O)c1sc2nc(C(F)F)cc(C3CC3)c2c1NC(=O)c1cc(C(F)(F)F)[nH]n1. The molecule has 0 bridgehead atoms. The third kappa shape index (κ3) is 3.60. The Kier molecular flexibility index (Phi) is 4.71. The number of hydrogen-bond acceptors (Lipinski definition) is 5. The Morgan fingerprint density at radius 3 is 2.50 bits per heavy atom. The van der Waals surface area contributed by atoms with Crippen LogP contribution in [0.15, 0.2) is 12.1 Å². The highest BCUT2D eigenvalue weighted by Gasteiger charge is 2.35. The normalized spacial score (nSPS) is 14.5. The van der Waals surface area contributed by atoms with Gasteiger partial charge >= 0.3 is 6.18 Å². The summed E-state index contributed by atoms with van der Waals surface area (Å²) in [6.45, 7) is 0. The highest BCUT2D eigenvalue weighted by atomic mass is 32.1. The number of amides is 2. The summed E-state index contributed by atoms with van der Waals surface area (Å²) >= 11 is 0.728. The van der Waals surface area contributed by atoms with Crippen LogP contribution in [0.4, 0.5) is 27.6 Å². The number of thiophene rings is 1. The highest BCUT2D eigenvalue weighted by molar-refractivity contribution is 7.21. The molecule has 0 unspecified atom stereocenters. The van der Waals surface area contributed by atoms with E-state index in [1.807, 2.05) is 0 Å². The molecule has 30 heavy (non-hydrogen) atoms. The Bertz CT molecular complexity index is 1170. The lowest BCUT2D eigenvalue weighted by Gasteiger charge is -2.09. The second-order valence-corrected chi connectivity index (χ2v) is 7.68. The van der Waals surface area contributed by atoms with Crippen molar-refractivity contribution in [2.24, 2.45) is 5.73 Å². The van der Waals surface area contributed by atoms with Gasteiger partial charge in [0.15, 0.2) is 5.69 Å². The van der Waals surface area contributed by atoms with Crippen LogP contribution in [0, 0.1) is 0 Å². The van der Waals surface area contributed by atoms with Gasteiger partial charge in [0.1, 0.15) is 21.1 Å². The summed E-state index contributed by atoms with van der Waals surface area (Å²) in [5.41, 5.74) is 3.52. The van der Waals surface area contributed by atoms with Gasteiger partial charge in [-0.3, -0.25) is 14.7 Å².